The van der Waals surface area contributed by atoms with Crippen LogP contribution in [0.25, 0.3) is 11.0 Å². The van der Waals surface area contributed by atoms with Gasteiger partial charge in [0, 0.05) is 24.3 Å². The first-order valence-electron chi connectivity index (χ1n) is 10.5. The smallest absolute Gasteiger partial charge is 0.242 e. The van der Waals surface area contributed by atoms with Crippen LogP contribution in [0.5, 0.6) is 0 Å². The molecular weight excluding hydrogens is 414 g/mol. The Bertz CT molecular complexity index is 1070. The van der Waals surface area contributed by atoms with Crippen LogP contribution in [0.15, 0.2) is 48.8 Å². The van der Waals surface area contributed by atoms with Crippen molar-refractivity contribution < 1.29 is 9.59 Å². The Kier molecular flexibility index (Phi) is 6.53. The van der Waals surface area contributed by atoms with E-state index in [1.165, 1.54) is 5.56 Å². The molecular formula is C23H26ClN5O2. The van der Waals surface area contributed by atoms with E-state index in [1.807, 2.05) is 24.3 Å². The monoisotopic (exact) mass is 439 g/mol. The second-order valence-electron chi connectivity index (χ2n) is 7.96. The van der Waals surface area contributed by atoms with Crippen LogP contribution in [0.3, 0.4) is 0 Å². The van der Waals surface area contributed by atoms with E-state index in [0.717, 1.165) is 23.9 Å². The van der Waals surface area contributed by atoms with Gasteiger partial charge >= 0.3 is 0 Å². The third-order valence-corrected chi connectivity index (χ3v) is 6.06. The van der Waals surface area contributed by atoms with Gasteiger partial charge in [-0.05, 0) is 49.4 Å². The Hall–Kier alpha value is -2.90. The minimum Gasteiger partial charge on any atom is -0.350 e. The number of pyridine rings is 1. The summed E-state index contributed by atoms with van der Waals surface area (Å²) in [7, 11) is 0. The lowest BCUT2D eigenvalue weighted by atomic mass is 9.86. The number of piperidine rings is 1. The Morgan fingerprint density at radius 2 is 2.10 bits per heavy atom. The predicted octanol–water partition coefficient (Wildman–Crippen LogP) is 2.87. The molecule has 1 aliphatic rings. The van der Waals surface area contributed by atoms with Crippen molar-refractivity contribution in [2.24, 2.45) is 0 Å². The van der Waals surface area contributed by atoms with Crippen LogP contribution >= 0.6 is 11.6 Å². The summed E-state index contributed by atoms with van der Waals surface area (Å²) in [4.78, 5) is 32.5. The van der Waals surface area contributed by atoms with Crippen LogP contribution in [0.2, 0.25) is 5.02 Å². The molecule has 0 bridgehead atoms. The van der Waals surface area contributed by atoms with Crippen molar-refractivity contribution in [3.8, 4) is 0 Å². The molecule has 1 fully saturated rings. The number of halogens is 1. The van der Waals surface area contributed by atoms with Gasteiger partial charge in [-0.15, -0.1) is 0 Å². The van der Waals surface area contributed by atoms with Crippen molar-refractivity contribution in [1.82, 2.24) is 25.9 Å². The highest BCUT2D eigenvalue weighted by Crippen LogP contribution is 2.27. The van der Waals surface area contributed by atoms with Crippen LogP contribution in [0, 0.1) is 0 Å². The summed E-state index contributed by atoms with van der Waals surface area (Å²) >= 11 is 6.13. The van der Waals surface area contributed by atoms with E-state index in [2.05, 4.69) is 38.1 Å². The van der Waals surface area contributed by atoms with E-state index in [4.69, 9.17) is 11.6 Å². The summed E-state index contributed by atoms with van der Waals surface area (Å²) in [6, 6.07) is 11.2. The number of nitrogens with one attached hydrogen (secondary N) is 4. The van der Waals surface area contributed by atoms with E-state index in [-0.39, 0.29) is 17.9 Å². The number of fused-ring (bicyclic) bond motifs is 1. The topological polar surface area (TPSA) is 98.9 Å². The van der Waals surface area contributed by atoms with Crippen LogP contribution in [-0.2, 0) is 16.1 Å². The number of rotatable bonds is 6. The van der Waals surface area contributed by atoms with E-state index in [9.17, 15) is 9.59 Å². The third-order valence-electron chi connectivity index (χ3n) is 5.75. The Labute approximate surface area is 186 Å². The number of hydrogen-bond acceptors (Lipinski definition) is 4. The van der Waals surface area contributed by atoms with Gasteiger partial charge in [0.1, 0.15) is 11.7 Å². The van der Waals surface area contributed by atoms with Gasteiger partial charge in [-0.1, -0.05) is 41.9 Å². The normalized spacial score (nSPS) is 19.7. The van der Waals surface area contributed by atoms with Gasteiger partial charge in [-0.3, -0.25) is 9.59 Å². The molecule has 3 heterocycles. The molecule has 162 valence electrons. The fourth-order valence-corrected chi connectivity index (χ4v) is 4.18. The molecule has 3 atom stereocenters. The van der Waals surface area contributed by atoms with Crippen LogP contribution in [0.4, 0.5) is 0 Å². The molecule has 0 spiro atoms. The summed E-state index contributed by atoms with van der Waals surface area (Å²) < 4.78 is 0. The number of aromatic nitrogens is 2. The highest BCUT2D eigenvalue weighted by atomic mass is 35.5. The maximum Gasteiger partial charge on any atom is 0.242 e. The van der Waals surface area contributed by atoms with Gasteiger partial charge < -0.3 is 20.9 Å². The first-order chi connectivity index (χ1) is 15.0. The van der Waals surface area contributed by atoms with Crippen molar-refractivity contribution in [3.63, 3.8) is 0 Å². The number of hydrogen-bond donors (Lipinski definition) is 4. The SMILES string of the molecule is CC(NC(=O)[C@H]1C[C@@H](c2ccccc2)CCN1)C(=O)NCc1cnc2[nH]cc(Cl)c2c1. The molecule has 1 saturated heterocycles. The largest absolute Gasteiger partial charge is 0.350 e. The highest BCUT2D eigenvalue weighted by molar-refractivity contribution is 6.35. The number of nitrogens with zero attached hydrogens (tertiary/aromatic N) is 1. The molecule has 2 amide bonds. The average molecular weight is 440 g/mol. The summed E-state index contributed by atoms with van der Waals surface area (Å²) in [5, 5.41) is 10.4. The van der Waals surface area contributed by atoms with Crippen LogP contribution in [-0.4, -0.2) is 40.4 Å². The summed E-state index contributed by atoms with van der Waals surface area (Å²) in [5.41, 5.74) is 2.79. The zero-order chi connectivity index (χ0) is 21.8. The molecule has 4 N–H and O–H groups in total. The van der Waals surface area contributed by atoms with Crippen molar-refractivity contribution in [1.29, 1.82) is 0 Å². The third kappa shape index (κ3) is 5.06. The molecule has 0 saturated carbocycles. The minimum atomic E-state index is -0.640. The summed E-state index contributed by atoms with van der Waals surface area (Å²) in [6.07, 6.45) is 5.08. The molecule has 1 aliphatic heterocycles. The van der Waals surface area contributed by atoms with Gasteiger partial charge in [0.25, 0.3) is 0 Å². The number of aromatic amines is 1. The predicted molar refractivity (Wildman–Crippen MR) is 121 cm³/mol. The van der Waals surface area contributed by atoms with Crippen molar-refractivity contribution in [2.45, 2.75) is 44.3 Å². The summed E-state index contributed by atoms with van der Waals surface area (Å²) in [5.74, 6) is -0.0560. The van der Waals surface area contributed by atoms with Crippen molar-refractivity contribution >= 4 is 34.4 Å². The lowest BCUT2D eigenvalue weighted by molar-refractivity contribution is -0.130. The maximum absolute atomic E-state index is 12.7. The van der Waals surface area contributed by atoms with E-state index < -0.39 is 6.04 Å². The zero-order valence-corrected chi connectivity index (χ0v) is 18.1. The summed E-state index contributed by atoms with van der Waals surface area (Å²) in [6.45, 7) is 2.77. The standard InChI is InChI=1S/C23H26ClN5O2/c1-14(22(30)28-12-15-9-18-19(24)13-27-21(18)26-11-15)29-23(31)20-10-17(7-8-25-20)16-5-3-2-4-6-16/h2-6,9,11,13-14,17,20,25H,7-8,10,12H2,1H3,(H,26,27)(H,28,30)(H,29,31)/t14?,17-,20+/m0/s1. The molecule has 2 aromatic heterocycles. The first-order valence-corrected chi connectivity index (χ1v) is 10.9. The highest BCUT2D eigenvalue weighted by Gasteiger charge is 2.29. The average Bonchev–Trinajstić information content (AvgIpc) is 3.18. The number of carbonyl (C=O) groups excluding carboxylic acids is 2. The van der Waals surface area contributed by atoms with Gasteiger partial charge in [0.15, 0.2) is 0 Å². The fraction of sp³-hybridized carbons (Fsp3) is 0.348. The molecule has 0 aliphatic carbocycles. The minimum absolute atomic E-state index is 0.148. The molecule has 1 unspecified atom stereocenters. The van der Waals surface area contributed by atoms with E-state index >= 15 is 0 Å². The Morgan fingerprint density at radius 1 is 1.29 bits per heavy atom. The van der Waals surface area contributed by atoms with Gasteiger partial charge in [-0.25, -0.2) is 4.98 Å². The molecule has 31 heavy (non-hydrogen) atoms. The van der Waals surface area contributed by atoms with Crippen molar-refractivity contribution in [3.05, 3.63) is 64.9 Å². The van der Waals surface area contributed by atoms with Gasteiger partial charge in [0.2, 0.25) is 11.8 Å². The first kappa shape index (κ1) is 21.3. The lowest BCUT2D eigenvalue weighted by Gasteiger charge is -2.30. The second-order valence-corrected chi connectivity index (χ2v) is 8.37. The molecule has 1 aromatic carbocycles. The second kappa shape index (κ2) is 9.49. The lowest BCUT2D eigenvalue weighted by Crippen LogP contribution is -2.53. The van der Waals surface area contributed by atoms with Gasteiger partial charge in [0.05, 0.1) is 11.1 Å². The Morgan fingerprint density at radius 3 is 2.90 bits per heavy atom. The number of carbonyl (C=O) groups is 2. The number of amides is 2. The zero-order valence-electron chi connectivity index (χ0n) is 17.3. The molecule has 7 nitrogen and oxygen atoms in total. The number of H-pyrrole nitrogens is 1. The molecule has 4 rings (SSSR count). The molecule has 8 heteroatoms. The molecule has 3 aromatic rings. The fourth-order valence-electron chi connectivity index (χ4n) is 3.98. The molecule has 0 radical (unpaired) electrons. The van der Waals surface area contributed by atoms with Crippen LogP contribution < -0.4 is 16.0 Å². The maximum atomic E-state index is 12.7. The quantitative estimate of drug-likeness (QED) is 0.474. The number of benzene rings is 1. The van der Waals surface area contributed by atoms with Crippen LogP contribution in [0.1, 0.15) is 36.8 Å². The van der Waals surface area contributed by atoms with Crippen molar-refractivity contribution in [2.75, 3.05) is 6.54 Å². The Balaban J connectivity index is 1.29. The van der Waals surface area contributed by atoms with Gasteiger partial charge in [-0.2, -0.15) is 0 Å². The van der Waals surface area contributed by atoms with E-state index in [0.29, 0.717) is 29.6 Å². The van der Waals surface area contributed by atoms with E-state index in [1.54, 1.807) is 19.3 Å².